The van der Waals surface area contributed by atoms with Gasteiger partial charge in [0.1, 0.15) is 0 Å². The zero-order valence-electron chi connectivity index (χ0n) is 11.2. The quantitative estimate of drug-likeness (QED) is 0.796. The van der Waals surface area contributed by atoms with Crippen LogP contribution in [0.5, 0.6) is 0 Å². The molecule has 1 fully saturated rings. The van der Waals surface area contributed by atoms with Crippen LogP contribution in [-0.2, 0) is 11.3 Å². The molecule has 0 amide bonds. The van der Waals surface area contributed by atoms with Crippen LogP contribution >= 0.6 is 0 Å². The van der Waals surface area contributed by atoms with Gasteiger partial charge in [0.25, 0.3) is 0 Å². The van der Waals surface area contributed by atoms with Gasteiger partial charge in [-0.3, -0.25) is 4.90 Å². The average Bonchev–Trinajstić information content (AvgIpc) is 2.30. The summed E-state index contributed by atoms with van der Waals surface area (Å²) in [5.74, 6) is 0.618. The lowest BCUT2D eigenvalue weighted by Gasteiger charge is -2.27. The molecule has 0 aliphatic carbocycles. The molecule has 0 N–H and O–H groups in total. The van der Waals surface area contributed by atoms with Crippen LogP contribution in [-0.4, -0.2) is 31.2 Å². The Balaban J connectivity index is 2.04. The molecular formula is C15H23NO. The smallest absolute Gasteiger partial charge is 0.0594 e. The van der Waals surface area contributed by atoms with Crippen molar-refractivity contribution in [2.24, 2.45) is 0 Å². The van der Waals surface area contributed by atoms with Crippen molar-refractivity contribution < 1.29 is 4.74 Å². The third-order valence-electron chi connectivity index (χ3n) is 3.47. The van der Waals surface area contributed by atoms with Crippen LogP contribution < -0.4 is 0 Å². The SMILES string of the molecule is Cc1cc(CN2CCOCC2)ccc1C(C)C. The van der Waals surface area contributed by atoms with Gasteiger partial charge in [0.2, 0.25) is 0 Å². The lowest BCUT2D eigenvalue weighted by molar-refractivity contribution is 0.0342. The van der Waals surface area contributed by atoms with Crippen molar-refractivity contribution in [2.75, 3.05) is 26.3 Å². The molecule has 0 spiro atoms. The van der Waals surface area contributed by atoms with Crippen LogP contribution in [0.15, 0.2) is 18.2 Å². The molecular weight excluding hydrogens is 210 g/mol. The first-order valence-corrected chi connectivity index (χ1v) is 6.56. The highest BCUT2D eigenvalue weighted by atomic mass is 16.5. The first-order chi connectivity index (χ1) is 8.16. The molecule has 17 heavy (non-hydrogen) atoms. The van der Waals surface area contributed by atoms with Gasteiger partial charge in [0.05, 0.1) is 13.2 Å². The largest absolute Gasteiger partial charge is 0.379 e. The summed E-state index contributed by atoms with van der Waals surface area (Å²) in [6.07, 6.45) is 0. The average molecular weight is 233 g/mol. The molecule has 0 saturated carbocycles. The molecule has 0 unspecified atom stereocenters. The first kappa shape index (κ1) is 12.6. The topological polar surface area (TPSA) is 12.5 Å². The molecule has 0 bridgehead atoms. The van der Waals surface area contributed by atoms with Crippen molar-refractivity contribution in [1.82, 2.24) is 4.90 Å². The molecule has 0 atom stereocenters. The number of rotatable bonds is 3. The molecule has 1 aliphatic heterocycles. The minimum atomic E-state index is 0.618. The summed E-state index contributed by atoms with van der Waals surface area (Å²) in [4.78, 5) is 2.47. The Morgan fingerprint density at radius 2 is 1.94 bits per heavy atom. The standard InChI is InChI=1S/C15H23NO/c1-12(2)15-5-4-14(10-13(15)3)11-16-6-8-17-9-7-16/h4-5,10,12H,6-9,11H2,1-3H3. The zero-order chi connectivity index (χ0) is 12.3. The van der Waals surface area contributed by atoms with Crippen LogP contribution in [0.1, 0.15) is 36.5 Å². The number of hydrogen-bond acceptors (Lipinski definition) is 2. The minimum absolute atomic E-state index is 0.618. The Labute approximate surface area is 105 Å². The number of hydrogen-bond donors (Lipinski definition) is 0. The molecule has 1 aliphatic rings. The maximum Gasteiger partial charge on any atom is 0.0594 e. The van der Waals surface area contributed by atoms with Gasteiger partial charge < -0.3 is 4.74 Å². The fraction of sp³-hybridized carbons (Fsp3) is 0.600. The number of nitrogens with zero attached hydrogens (tertiary/aromatic N) is 1. The molecule has 0 radical (unpaired) electrons. The molecule has 0 aromatic heterocycles. The second-order valence-corrected chi connectivity index (χ2v) is 5.23. The van der Waals surface area contributed by atoms with Crippen LogP contribution in [0.4, 0.5) is 0 Å². The highest BCUT2D eigenvalue weighted by molar-refractivity contribution is 5.33. The van der Waals surface area contributed by atoms with Gasteiger partial charge >= 0.3 is 0 Å². The molecule has 1 heterocycles. The Bertz CT molecular complexity index is 367. The van der Waals surface area contributed by atoms with Crippen LogP contribution in [0.2, 0.25) is 0 Å². The number of ether oxygens (including phenoxy) is 1. The normalized spacial score (nSPS) is 17.6. The summed E-state index contributed by atoms with van der Waals surface area (Å²) in [5, 5.41) is 0. The molecule has 1 aromatic carbocycles. The van der Waals surface area contributed by atoms with E-state index in [-0.39, 0.29) is 0 Å². The highest BCUT2D eigenvalue weighted by Gasteiger charge is 2.11. The second-order valence-electron chi connectivity index (χ2n) is 5.23. The third kappa shape index (κ3) is 3.30. The maximum absolute atomic E-state index is 5.37. The van der Waals surface area contributed by atoms with Gasteiger partial charge in [-0.25, -0.2) is 0 Å². The van der Waals surface area contributed by atoms with Crippen LogP contribution in [0.3, 0.4) is 0 Å². The summed E-state index contributed by atoms with van der Waals surface area (Å²) < 4.78 is 5.37. The van der Waals surface area contributed by atoms with Gasteiger partial charge in [-0.1, -0.05) is 32.0 Å². The van der Waals surface area contributed by atoms with E-state index in [4.69, 9.17) is 4.74 Å². The van der Waals surface area contributed by atoms with Gasteiger partial charge in [0, 0.05) is 19.6 Å². The molecule has 2 heteroatoms. The van der Waals surface area contributed by atoms with E-state index < -0.39 is 0 Å². The van der Waals surface area contributed by atoms with Crippen molar-refractivity contribution in [3.63, 3.8) is 0 Å². The van der Waals surface area contributed by atoms with E-state index in [2.05, 4.69) is 43.9 Å². The lowest BCUT2D eigenvalue weighted by atomic mass is 9.96. The number of morpholine rings is 1. The first-order valence-electron chi connectivity index (χ1n) is 6.56. The summed E-state index contributed by atoms with van der Waals surface area (Å²) in [7, 11) is 0. The Kier molecular flexibility index (Phi) is 4.19. The van der Waals surface area contributed by atoms with Crippen LogP contribution in [0, 0.1) is 6.92 Å². The van der Waals surface area contributed by atoms with E-state index in [1.807, 2.05) is 0 Å². The van der Waals surface area contributed by atoms with E-state index in [1.165, 1.54) is 16.7 Å². The predicted octanol–water partition coefficient (Wildman–Crippen LogP) is 2.95. The summed E-state index contributed by atoms with van der Waals surface area (Å²) in [6, 6.07) is 6.90. The van der Waals surface area contributed by atoms with Crippen molar-refractivity contribution in [3.8, 4) is 0 Å². The zero-order valence-corrected chi connectivity index (χ0v) is 11.2. The van der Waals surface area contributed by atoms with E-state index in [0.717, 1.165) is 32.8 Å². The predicted molar refractivity (Wildman–Crippen MR) is 71.4 cm³/mol. The van der Waals surface area contributed by atoms with Crippen LogP contribution in [0.25, 0.3) is 0 Å². The number of benzene rings is 1. The van der Waals surface area contributed by atoms with Gasteiger partial charge in [-0.2, -0.15) is 0 Å². The fourth-order valence-electron chi connectivity index (χ4n) is 2.50. The third-order valence-corrected chi connectivity index (χ3v) is 3.47. The van der Waals surface area contributed by atoms with Gasteiger partial charge in [-0.05, 0) is 29.5 Å². The monoisotopic (exact) mass is 233 g/mol. The molecule has 1 aromatic rings. The Morgan fingerprint density at radius 3 is 2.53 bits per heavy atom. The van der Waals surface area contributed by atoms with Gasteiger partial charge in [-0.15, -0.1) is 0 Å². The molecule has 2 nitrogen and oxygen atoms in total. The molecule has 94 valence electrons. The molecule has 2 rings (SSSR count). The van der Waals surface area contributed by atoms with Crippen molar-refractivity contribution in [3.05, 3.63) is 34.9 Å². The van der Waals surface area contributed by atoms with Crippen molar-refractivity contribution >= 4 is 0 Å². The van der Waals surface area contributed by atoms with E-state index >= 15 is 0 Å². The summed E-state index contributed by atoms with van der Waals surface area (Å²) in [5.41, 5.74) is 4.32. The number of aryl methyl sites for hydroxylation is 1. The maximum atomic E-state index is 5.37. The van der Waals surface area contributed by atoms with Gasteiger partial charge in [0.15, 0.2) is 0 Å². The van der Waals surface area contributed by atoms with Crippen molar-refractivity contribution in [2.45, 2.75) is 33.2 Å². The highest BCUT2D eigenvalue weighted by Crippen LogP contribution is 2.20. The van der Waals surface area contributed by atoms with Crippen molar-refractivity contribution in [1.29, 1.82) is 0 Å². The summed E-state index contributed by atoms with van der Waals surface area (Å²) >= 11 is 0. The van der Waals surface area contributed by atoms with E-state index in [1.54, 1.807) is 0 Å². The Morgan fingerprint density at radius 1 is 1.24 bits per heavy atom. The summed E-state index contributed by atoms with van der Waals surface area (Å²) in [6.45, 7) is 11.7. The fourth-order valence-corrected chi connectivity index (χ4v) is 2.50. The minimum Gasteiger partial charge on any atom is -0.379 e. The Hall–Kier alpha value is -0.860. The lowest BCUT2D eigenvalue weighted by Crippen LogP contribution is -2.35. The molecule has 1 saturated heterocycles. The van der Waals surface area contributed by atoms with E-state index in [9.17, 15) is 0 Å². The van der Waals surface area contributed by atoms with E-state index in [0.29, 0.717) is 5.92 Å². The second kappa shape index (κ2) is 5.65.